The average Bonchev–Trinajstić information content (AvgIpc) is 2.54. The molecule has 2 N–H and O–H groups in total. The Balaban J connectivity index is 1.64. The van der Waals surface area contributed by atoms with E-state index in [4.69, 9.17) is 4.74 Å². The minimum absolute atomic E-state index is 0.000201. The van der Waals surface area contributed by atoms with Crippen molar-refractivity contribution >= 4 is 11.8 Å². The molecular weight excluding hydrogens is 280 g/mol. The fourth-order valence-corrected chi connectivity index (χ4v) is 2.68. The first-order chi connectivity index (χ1) is 10.6. The monoisotopic (exact) mass is 304 g/mol. The molecule has 1 aromatic carbocycles. The minimum Gasteiger partial charge on any atom is -0.484 e. The predicted octanol–water partition coefficient (Wildman–Crippen LogP) is 1.88. The highest BCUT2D eigenvalue weighted by Crippen LogP contribution is 2.23. The number of amides is 2. The molecule has 1 aliphatic carbocycles. The molecule has 2 rings (SSSR count). The first kappa shape index (κ1) is 16.3. The molecular formula is C17H24N2O3. The normalized spacial score (nSPS) is 21.0. The van der Waals surface area contributed by atoms with Crippen LogP contribution in [0.25, 0.3) is 0 Å². The van der Waals surface area contributed by atoms with Gasteiger partial charge in [0.15, 0.2) is 6.61 Å². The van der Waals surface area contributed by atoms with Crippen molar-refractivity contribution in [3.05, 3.63) is 30.3 Å². The largest absolute Gasteiger partial charge is 0.484 e. The van der Waals surface area contributed by atoms with Gasteiger partial charge < -0.3 is 15.4 Å². The lowest BCUT2D eigenvalue weighted by Gasteiger charge is -2.29. The molecule has 22 heavy (non-hydrogen) atoms. The van der Waals surface area contributed by atoms with Gasteiger partial charge in [-0.25, -0.2) is 0 Å². The number of benzene rings is 1. The van der Waals surface area contributed by atoms with E-state index in [9.17, 15) is 9.59 Å². The molecule has 0 aromatic heterocycles. The van der Waals surface area contributed by atoms with Crippen LogP contribution in [0.4, 0.5) is 0 Å². The molecule has 1 saturated carbocycles. The topological polar surface area (TPSA) is 67.4 Å². The molecule has 0 spiro atoms. The lowest BCUT2D eigenvalue weighted by Crippen LogP contribution is -2.46. The van der Waals surface area contributed by atoms with E-state index in [0.29, 0.717) is 11.7 Å². The van der Waals surface area contributed by atoms with E-state index < -0.39 is 0 Å². The van der Waals surface area contributed by atoms with Gasteiger partial charge in [0.05, 0.1) is 6.54 Å². The third-order valence-corrected chi connectivity index (χ3v) is 4.02. The molecule has 1 aliphatic rings. The highest BCUT2D eigenvalue weighted by atomic mass is 16.5. The summed E-state index contributed by atoms with van der Waals surface area (Å²) in [5.41, 5.74) is 0. The maximum atomic E-state index is 11.9. The molecule has 2 amide bonds. The Morgan fingerprint density at radius 3 is 2.59 bits per heavy atom. The van der Waals surface area contributed by atoms with E-state index >= 15 is 0 Å². The van der Waals surface area contributed by atoms with Gasteiger partial charge in [-0.1, -0.05) is 38.0 Å². The molecule has 2 unspecified atom stereocenters. The zero-order chi connectivity index (χ0) is 15.8. The SMILES string of the molecule is CC1CCCCC1NC(=O)CNC(=O)COc1ccccc1. The van der Waals surface area contributed by atoms with E-state index in [0.717, 1.165) is 19.3 Å². The van der Waals surface area contributed by atoms with Gasteiger partial charge in [0, 0.05) is 6.04 Å². The van der Waals surface area contributed by atoms with Crippen molar-refractivity contribution in [1.82, 2.24) is 10.6 Å². The molecule has 1 fully saturated rings. The summed E-state index contributed by atoms with van der Waals surface area (Å²) >= 11 is 0. The van der Waals surface area contributed by atoms with Gasteiger partial charge in [-0.3, -0.25) is 9.59 Å². The lowest BCUT2D eigenvalue weighted by molar-refractivity contribution is -0.127. The van der Waals surface area contributed by atoms with Crippen LogP contribution in [0.15, 0.2) is 30.3 Å². The number of rotatable bonds is 6. The van der Waals surface area contributed by atoms with Crippen LogP contribution in [0.5, 0.6) is 5.75 Å². The summed E-state index contributed by atoms with van der Waals surface area (Å²) in [5, 5.41) is 5.58. The van der Waals surface area contributed by atoms with Gasteiger partial charge in [0.1, 0.15) is 5.75 Å². The Bertz CT molecular complexity index is 490. The first-order valence-corrected chi connectivity index (χ1v) is 7.89. The zero-order valence-electron chi connectivity index (χ0n) is 13.0. The molecule has 2 atom stereocenters. The molecule has 5 heteroatoms. The van der Waals surface area contributed by atoms with Crippen molar-refractivity contribution in [2.24, 2.45) is 5.92 Å². The van der Waals surface area contributed by atoms with Crippen LogP contribution in [0.2, 0.25) is 0 Å². The summed E-state index contributed by atoms with van der Waals surface area (Å²) < 4.78 is 5.32. The Labute approximate surface area is 131 Å². The molecule has 0 aliphatic heterocycles. The van der Waals surface area contributed by atoms with E-state index in [1.165, 1.54) is 6.42 Å². The number of carbonyl (C=O) groups excluding carboxylic acids is 2. The molecule has 120 valence electrons. The number of hydrogen-bond acceptors (Lipinski definition) is 3. The van der Waals surface area contributed by atoms with Crippen LogP contribution in [-0.2, 0) is 9.59 Å². The summed E-state index contributed by atoms with van der Waals surface area (Å²) in [6, 6.07) is 9.36. The summed E-state index contributed by atoms with van der Waals surface area (Å²) in [6.45, 7) is 2.08. The van der Waals surface area contributed by atoms with Gasteiger partial charge in [-0.2, -0.15) is 0 Å². The second kappa shape index (κ2) is 8.41. The first-order valence-electron chi connectivity index (χ1n) is 7.89. The number of para-hydroxylation sites is 1. The lowest BCUT2D eigenvalue weighted by atomic mass is 9.86. The predicted molar refractivity (Wildman–Crippen MR) is 84.5 cm³/mol. The summed E-state index contributed by atoms with van der Waals surface area (Å²) in [6.07, 6.45) is 4.58. The number of ether oxygens (including phenoxy) is 1. The smallest absolute Gasteiger partial charge is 0.258 e. The van der Waals surface area contributed by atoms with Gasteiger partial charge in [-0.05, 0) is 30.9 Å². The van der Waals surface area contributed by atoms with Crippen molar-refractivity contribution in [2.75, 3.05) is 13.2 Å². The van der Waals surface area contributed by atoms with E-state index in [1.54, 1.807) is 12.1 Å². The maximum Gasteiger partial charge on any atom is 0.258 e. The maximum absolute atomic E-state index is 11.9. The Kier molecular flexibility index (Phi) is 6.25. The van der Waals surface area contributed by atoms with Crippen LogP contribution in [0.3, 0.4) is 0 Å². The van der Waals surface area contributed by atoms with Crippen LogP contribution in [0.1, 0.15) is 32.6 Å². The van der Waals surface area contributed by atoms with Crippen LogP contribution >= 0.6 is 0 Å². The van der Waals surface area contributed by atoms with Gasteiger partial charge in [0.2, 0.25) is 5.91 Å². The van der Waals surface area contributed by atoms with Gasteiger partial charge in [-0.15, -0.1) is 0 Å². The average molecular weight is 304 g/mol. The summed E-state index contributed by atoms with van der Waals surface area (Å²) in [4.78, 5) is 23.5. The van der Waals surface area contributed by atoms with Crippen LogP contribution in [0, 0.1) is 5.92 Å². The second-order valence-electron chi connectivity index (χ2n) is 5.81. The zero-order valence-corrected chi connectivity index (χ0v) is 13.0. The molecule has 1 aromatic rings. The summed E-state index contributed by atoms with van der Waals surface area (Å²) in [5.74, 6) is 0.718. The second-order valence-corrected chi connectivity index (χ2v) is 5.81. The van der Waals surface area contributed by atoms with Crippen molar-refractivity contribution in [1.29, 1.82) is 0 Å². The quantitative estimate of drug-likeness (QED) is 0.843. The number of hydrogen-bond donors (Lipinski definition) is 2. The third-order valence-electron chi connectivity index (χ3n) is 4.02. The Morgan fingerprint density at radius 2 is 1.86 bits per heavy atom. The van der Waals surface area contributed by atoms with Gasteiger partial charge in [0.25, 0.3) is 5.91 Å². The van der Waals surface area contributed by atoms with Crippen molar-refractivity contribution in [3.63, 3.8) is 0 Å². The fraction of sp³-hybridized carbons (Fsp3) is 0.529. The van der Waals surface area contributed by atoms with Crippen molar-refractivity contribution in [2.45, 2.75) is 38.6 Å². The molecule has 0 radical (unpaired) electrons. The molecule has 0 bridgehead atoms. The van der Waals surface area contributed by atoms with Crippen LogP contribution in [-0.4, -0.2) is 31.0 Å². The summed E-state index contributed by atoms with van der Waals surface area (Å²) in [7, 11) is 0. The van der Waals surface area contributed by atoms with E-state index in [-0.39, 0.29) is 31.0 Å². The third kappa shape index (κ3) is 5.39. The number of nitrogens with one attached hydrogen (secondary N) is 2. The Morgan fingerprint density at radius 1 is 1.14 bits per heavy atom. The minimum atomic E-state index is -0.296. The van der Waals surface area contributed by atoms with E-state index in [1.807, 2.05) is 18.2 Å². The highest BCUT2D eigenvalue weighted by molar-refractivity contribution is 5.85. The fourth-order valence-electron chi connectivity index (χ4n) is 2.68. The molecule has 0 heterocycles. The Hall–Kier alpha value is -2.04. The van der Waals surface area contributed by atoms with Crippen molar-refractivity contribution < 1.29 is 14.3 Å². The molecule has 0 saturated heterocycles. The van der Waals surface area contributed by atoms with Gasteiger partial charge >= 0.3 is 0 Å². The highest BCUT2D eigenvalue weighted by Gasteiger charge is 2.22. The standard InChI is InChI=1S/C17H24N2O3/c1-13-7-5-6-10-15(13)19-16(20)11-18-17(21)12-22-14-8-3-2-4-9-14/h2-4,8-9,13,15H,5-7,10-12H2,1H3,(H,18,21)(H,19,20). The number of carbonyl (C=O) groups is 2. The van der Waals surface area contributed by atoms with E-state index in [2.05, 4.69) is 17.6 Å². The van der Waals surface area contributed by atoms with Crippen molar-refractivity contribution in [3.8, 4) is 5.75 Å². The molecule has 5 nitrogen and oxygen atoms in total. The van der Waals surface area contributed by atoms with Crippen LogP contribution < -0.4 is 15.4 Å².